The molecule has 0 aromatic heterocycles. The van der Waals surface area contributed by atoms with Crippen LogP contribution in [0.4, 0.5) is 0 Å². The van der Waals surface area contributed by atoms with E-state index in [0.717, 1.165) is 32.4 Å². The van der Waals surface area contributed by atoms with E-state index in [0.29, 0.717) is 13.2 Å². The molecule has 0 spiro atoms. The van der Waals surface area contributed by atoms with Gasteiger partial charge in [0.2, 0.25) is 0 Å². The quantitative estimate of drug-likeness (QED) is 0.526. The molecule has 2 N–H and O–H groups in total. The summed E-state index contributed by atoms with van der Waals surface area (Å²) in [6, 6.07) is 0. The Morgan fingerprint density at radius 3 is 2.50 bits per heavy atom. The van der Waals surface area contributed by atoms with Gasteiger partial charge in [-0.05, 0) is 32.7 Å². The summed E-state index contributed by atoms with van der Waals surface area (Å²) in [6.45, 7) is 7.29. The van der Waals surface area contributed by atoms with E-state index >= 15 is 0 Å². The molecule has 4 heteroatoms. The van der Waals surface area contributed by atoms with Crippen molar-refractivity contribution in [3.8, 4) is 0 Å². The summed E-state index contributed by atoms with van der Waals surface area (Å²) >= 11 is 0. The summed E-state index contributed by atoms with van der Waals surface area (Å²) in [5, 5.41) is 12.6. The van der Waals surface area contributed by atoms with Crippen LogP contribution in [-0.2, 0) is 9.47 Å². The Hall–Kier alpha value is -0.160. The van der Waals surface area contributed by atoms with E-state index in [9.17, 15) is 5.11 Å². The minimum atomic E-state index is -0.138. The molecule has 16 heavy (non-hydrogen) atoms. The molecule has 0 radical (unpaired) electrons. The lowest BCUT2D eigenvalue weighted by Crippen LogP contribution is -2.45. The van der Waals surface area contributed by atoms with Gasteiger partial charge in [0.1, 0.15) is 0 Å². The van der Waals surface area contributed by atoms with E-state index in [1.54, 1.807) is 7.11 Å². The molecule has 0 fully saturated rings. The summed E-state index contributed by atoms with van der Waals surface area (Å²) < 4.78 is 10.3. The van der Waals surface area contributed by atoms with Crippen molar-refractivity contribution in [3.05, 3.63) is 0 Å². The molecule has 0 saturated heterocycles. The van der Waals surface area contributed by atoms with Crippen molar-refractivity contribution in [2.24, 2.45) is 0 Å². The highest BCUT2D eigenvalue weighted by Crippen LogP contribution is 2.12. The second-order valence-electron chi connectivity index (χ2n) is 4.31. The third-order valence-electron chi connectivity index (χ3n) is 2.65. The third kappa shape index (κ3) is 8.05. The zero-order valence-electron chi connectivity index (χ0n) is 10.9. The molecule has 98 valence electrons. The molecular formula is C12H27NO3. The topological polar surface area (TPSA) is 50.7 Å². The van der Waals surface area contributed by atoms with Crippen LogP contribution < -0.4 is 5.32 Å². The third-order valence-corrected chi connectivity index (χ3v) is 2.65. The number of rotatable bonds is 11. The zero-order chi connectivity index (χ0) is 12.3. The van der Waals surface area contributed by atoms with Crippen LogP contribution in [0.5, 0.6) is 0 Å². The van der Waals surface area contributed by atoms with Crippen LogP contribution in [0, 0.1) is 0 Å². The number of nitrogens with one attached hydrogen (secondary N) is 1. The molecule has 0 aromatic carbocycles. The van der Waals surface area contributed by atoms with Crippen LogP contribution in [0.1, 0.15) is 33.1 Å². The second-order valence-corrected chi connectivity index (χ2v) is 4.31. The van der Waals surface area contributed by atoms with Gasteiger partial charge in [0.25, 0.3) is 0 Å². The van der Waals surface area contributed by atoms with Gasteiger partial charge in [0.05, 0.1) is 19.8 Å². The Bertz CT molecular complexity index is 155. The first-order valence-electron chi connectivity index (χ1n) is 6.11. The van der Waals surface area contributed by atoms with Crippen LogP contribution in [0.15, 0.2) is 0 Å². The molecule has 0 amide bonds. The van der Waals surface area contributed by atoms with Gasteiger partial charge < -0.3 is 19.9 Å². The molecule has 1 atom stereocenters. The van der Waals surface area contributed by atoms with Gasteiger partial charge in [-0.2, -0.15) is 0 Å². The van der Waals surface area contributed by atoms with Crippen molar-refractivity contribution in [3.63, 3.8) is 0 Å². The van der Waals surface area contributed by atoms with Gasteiger partial charge in [0.15, 0.2) is 0 Å². The molecule has 0 aliphatic heterocycles. The monoisotopic (exact) mass is 233 g/mol. The number of aliphatic hydroxyl groups is 1. The maximum Gasteiger partial charge on any atom is 0.0700 e. The van der Waals surface area contributed by atoms with Gasteiger partial charge in [-0.25, -0.2) is 0 Å². The van der Waals surface area contributed by atoms with Gasteiger partial charge in [-0.15, -0.1) is 0 Å². The summed E-state index contributed by atoms with van der Waals surface area (Å²) in [4.78, 5) is 0. The maximum atomic E-state index is 9.28. The lowest BCUT2D eigenvalue weighted by atomic mass is 9.96. The molecule has 0 aliphatic rings. The fourth-order valence-corrected chi connectivity index (χ4v) is 1.61. The molecule has 0 aromatic rings. The Morgan fingerprint density at radius 1 is 1.19 bits per heavy atom. The fourth-order valence-electron chi connectivity index (χ4n) is 1.61. The van der Waals surface area contributed by atoms with Gasteiger partial charge in [0, 0.05) is 19.3 Å². The van der Waals surface area contributed by atoms with Gasteiger partial charge >= 0.3 is 0 Å². The van der Waals surface area contributed by atoms with Crippen LogP contribution in [0.3, 0.4) is 0 Å². The maximum absolute atomic E-state index is 9.28. The van der Waals surface area contributed by atoms with Crippen molar-refractivity contribution in [1.82, 2.24) is 5.32 Å². The van der Waals surface area contributed by atoms with Crippen LogP contribution in [0.25, 0.3) is 0 Å². The predicted molar refractivity (Wildman–Crippen MR) is 65.7 cm³/mol. The van der Waals surface area contributed by atoms with Crippen LogP contribution in [0.2, 0.25) is 0 Å². The summed E-state index contributed by atoms with van der Waals surface area (Å²) in [5.74, 6) is 0. The van der Waals surface area contributed by atoms with E-state index in [1.807, 2.05) is 0 Å². The summed E-state index contributed by atoms with van der Waals surface area (Å²) in [7, 11) is 1.67. The zero-order valence-corrected chi connectivity index (χ0v) is 10.9. The highest BCUT2D eigenvalue weighted by Gasteiger charge is 2.20. The molecule has 0 aliphatic carbocycles. The highest BCUT2D eigenvalue weighted by atomic mass is 16.5. The largest absolute Gasteiger partial charge is 0.394 e. The molecule has 0 bridgehead atoms. The van der Waals surface area contributed by atoms with Crippen LogP contribution >= 0.6 is 0 Å². The van der Waals surface area contributed by atoms with Crippen molar-refractivity contribution in [2.45, 2.75) is 38.6 Å². The van der Waals surface area contributed by atoms with Crippen molar-refractivity contribution < 1.29 is 14.6 Å². The van der Waals surface area contributed by atoms with E-state index in [4.69, 9.17) is 9.47 Å². The SMILES string of the molecule is CCNC(C)(CO)CCCCOCCOC. The molecule has 0 saturated carbocycles. The van der Waals surface area contributed by atoms with E-state index in [2.05, 4.69) is 19.2 Å². The Balaban J connectivity index is 3.41. The predicted octanol–water partition coefficient (Wildman–Crippen LogP) is 1.18. The molecule has 4 nitrogen and oxygen atoms in total. The number of methoxy groups -OCH3 is 1. The average Bonchev–Trinajstić information content (AvgIpc) is 2.28. The molecule has 0 rings (SSSR count). The first-order chi connectivity index (χ1) is 7.68. The Morgan fingerprint density at radius 2 is 1.94 bits per heavy atom. The molecular weight excluding hydrogens is 206 g/mol. The first-order valence-corrected chi connectivity index (χ1v) is 6.11. The van der Waals surface area contributed by atoms with E-state index in [1.165, 1.54) is 0 Å². The number of ether oxygens (including phenoxy) is 2. The average molecular weight is 233 g/mol. The fraction of sp³-hybridized carbons (Fsp3) is 1.00. The normalized spacial score (nSPS) is 15.0. The molecule has 1 unspecified atom stereocenters. The second kappa shape index (κ2) is 10.0. The Labute approximate surface area is 99.3 Å². The van der Waals surface area contributed by atoms with E-state index < -0.39 is 0 Å². The molecule has 0 heterocycles. The Kier molecular flexibility index (Phi) is 9.92. The number of hydrogen-bond donors (Lipinski definition) is 2. The van der Waals surface area contributed by atoms with Crippen molar-refractivity contribution >= 4 is 0 Å². The van der Waals surface area contributed by atoms with E-state index in [-0.39, 0.29) is 12.1 Å². The number of aliphatic hydroxyl groups excluding tert-OH is 1. The minimum absolute atomic E-state index is 0.138. The standard InChI is InChI=1S/C12H27NO3/c1-4-13-12(2,11-14)7-5-6-8-16-10-9-15-3/h13-14H,4-11H2,1-3H3. The van der Waals surface area contributed by atoms with Crippen molar-refractivity contribution in [2.75, 3.05) is 40.1 Å². The lowest BCUT2D eigenvalue weighted by Gasteiger charge is -2.28. The lowest BCUT2D eigenvalue weighted by molar-refractivity contribution is 0.0669. The number of unbranched alkanes of at least 4 members (excludes halogenated alkanes) is 1. The highest BCUT2D eigenvalue weighted by molar-refractivity contribution is 4.81. The first kappa shape index (κ1) is 15.8. The van der Waals surface area contributed by atoms with Crippen LogP contribution in [-0.4, -0.2) is 50.7 Å². The minimum Gasteiger partial charge on any atom is -0.394 e. The van der Waals surface area contributed by atoms with Gasteiger partial charge in [-0.3, -0.25) is 0 Å². The smallest absolute Gasteiger partial charge is 0.0700 e. The number of hydrogen-bond acceptors (Lipinski definition) is 4. The summed E-state index contributed by atoms with van der Waals surface area (Å²) in [5.41, 5.74) is -0.138. The number of likely N-dealkylation sites (N-methyl/N-ethyl adjacent to an activating group) is 1. The summed E-state index contributed by atoms with van der Waals surface area (Å²) in [6.07, 6.45) is 3.08. The van der Waals surface area contributed by atoms with Crippen molar-refractivity contribution in [1.29, 1.82) is 0 Å². The van der Waals surface area contributed by atoms with Gasteiger partial charge in [-0.1, -0.05) is 6.92 Å².